The van der Waals surface area contributed by atoms with Crippen LogP contribution in [0.15, 0.2) is 60.2 Å². The standard InChI is InChI=1S/C18H17ClN2O3/c1-2-4-13-5-3-6-14(18(13)23)11-20-21-17(22)12-24-16-9-7-15(19)8-10-16/h2-3,5-11,23H,1,4,12H2,(H,21,22)/b20-11+. The van der Waals surface area contributed by atoms with E-state index >= 15 is 0 Å². The molecule has 2 aromatic carbocycles. The molecule has 2 N–H and O–H groups in total. The van der Waals surface area contributed by atoms with Crippen molar-refractivity contribution in [3.05, 3.63) is 71.3 Å². The Labute approximate surface area is 145 Å². The predicted molar refractivity (Wildman–Crippen MR) is 94.7 cm³/mol. The molecular formula is C18H17ClN2O3. The van der Waals surface area contributed by atoms with Gasteiger partial charge in [-0.3, -0.25) is 4.79 Å². The van der Waals surface area contributed by atoms with E-state index in [1.807, 2.05) is 0 Å². The second-order valence-electron chi connectivity index (χ2n) is 4.88. The van der Waals surface area contributed by atoms with Crippen LogP contribution < -0.4 is 10.2 Å². The lowest BCUT2D eigenvalue weighted by Gasteiger charge is -2.06. The summed E-state index contributed by atoms with van der Waals surface area (Å²) in [4.78, 5) is 11.7. The van der Waals surface area contributed by atoms with Gasteiger partial charge in [0.15, 0.2) is 6.61 Å². The molecule has 0 aromatic heterocycles. The van der Waals surface area contributed by atoms with Gasteiger partial charge in [-0.2, -0.15) is 5.10 Å². The van der Waals surface area contributed by atoms with Crippen molar-refractivity contribution in [2.24, 2.45) is 5.10 Å². The Morgan fingerprint density at radius 1 is 1.29 bits per heavy atom. The summed E-state index contributed by atoms with van der Waals surface area (Å²) in [6.45, 7) is 3.46. The van der Waals surface area contributed by atoms with Crippen molar-refractivity contribution in [2.45, 2.75) is 6.42 Å². The molecule has 0 bridgehead atoms. The maximum atomic E-state index is 11.7. The summed E-state index contributed by atoms with van der Waals surface area (Å²) in [6, 6.07) is 12.0. The highest BCUT2D eigenvalue weighted by Gasteiger charge is 2.04. The summed E-state index contributed by atoms with van der Waals surface area (Å²) in [6.07, 6.45) is 3.63. The van der Waals surface area contributed by atoms with Gasteiger partial charge in [-0.25, -0.2) is 5.43 Å². The van der Waals surface area contributed by atoms with Crippen LogP contribution in [0.3, 0.4) is 0 Å². The molecule has 0 fully saturated rings. The van der Waals surface area contributed by atoms with Crippen LogP contribution in [0.5, 0.6) is 11.5 Å². The van der Waals surface area contributed by atoms with Crippen molar-refractivity contribution >= 4 is 23.7 Å². The zero-order valence-corrected chi connectivity index (χ0v) is 13.7. The number of allylic oxidation sites excluding steroid dienone is 1. The number of para-hydroxylation sites is 1. The second kappa shape index (κ2) is 8.74. The van der Waals surface area contributed by atoms with E-state index < -0.39 is 5.91 Å². The molecule has 0 heterocycles. The molecule has 0 atom stereocenters. The Morgan fingerprint density at radius 3 is 2.75 bits per heavy atom. The number of aromatic hydroxyl groups is 1. The lowest BCUT2D eigenvalue weighted by molar-refractivity contribution is -0.123. The van der Waals surface area contributed by atoms with Crippen LogP contribution in [-0.4, -0.2) is 23.8 Å². The molecule has 0 aliphatic carbocycles. The molecule has 124 valence electrons. The summed E-state index contributed by atoms with van der Waals surface area (Å²) < 4.78 is 5.30. The fourth-order valence-electron chi connectivity index (χ4n) is 1.92. The summed E-state index contributed by atoms with van der Waals surface area (Å²) in [7, 11) is 0. The highest BCUT2D eigenvalue weighted by molar-refractivity contribution is 6.30. The van der Waals surface area contributed by atoms with Crippen molar-refractivity contribution in [3.8, 4) is 11.5 Å². The van der Waals surface area contributed by atoms with Gasteiger partial charge in [0.1, 0.15) is 11.5 Å². The first kappa shape index (κ1) is 17.6. The number of nitrogens with zero attached hydrogens (tertiary/aromatic N) is 1. The minimum Gasteiger partial charge on any atom is -0.507 e. The molecule has 0 aliphatic heterocycles. The van der Waals surface area contributed by atoms with E-state index in [-0.39, 0.29) is 12.4 Å². The summed E-state index contributed by atoms with van der Waals surface area (Å²) in [5, 5.41) is 14.5. The third-order valence-corrected chi connectivity index (χ3v) is 3.34. The van der Waals surface area contributed by atoms with Gasteiger partial charge in [0.2, 0.25) is 0 Å². The first-order valence-electron chi connectivity index (χ1n) is 7.22. The van der Waals surface area contributed by atoms with Crippen molar-refractivity contribution in [1.82, 2.24) is 5.43 Å². The number of nitrogens with one attached hydrogen (secondary N) is 1. The van der Waals surface area contributed by atoms with E-state index in [9.17, 15) is 9.90 Å². The van der Waals surface area contributed by atoms with Crippen LogP contribution in [0.4, 0.5) is 0 Å². The fraction of sp³-hybridized carbons (Fsp3) is 0.111. The van der Waals surface area contributed by atoms with Gasteiger partial charge in [-0.15, -0.1) is 6.58 Å². The van der Waals surface area contributed by atoms with Crippen LogP contribution in [0, 0.1) is 0 Å². The number of ether oxygens (including phenoxy) is 1. The fourth-order valence-corrected chi connectivity index (χ4v) is 2.05. The van der Waals surface area contributed by atoms with E-state index in [2.05, 4.69) is 17.1 Å². The topological polar surface area (TPSA) is 70.9 Å². The van der Waals surface area contributed by atoms with Gasteiger partial charge in [-0.1, -0.05) is 29.8 Å². The van der Waals surface area contributed by atoms with Gasteiger partial charge < -0.3 is 9.84 Å². The Balaban J connectivity index is 1.87. The molecule has 0 saturated heterocycles. The van der Waals surface area contributed by atoms with Crippen molar-refractivity contribution in [2.75, 3.05) is 6.61 Å². The molecule has 5 nitrogen and oxygen atoms in total. The van der Waals surface area contributed by atoms with E-state index in [1.54, 1.807) is 48.5 Å². The monoisotopic (exact) mass is 344 g/mol. The highest BCUT2D eigenvalue weighted by Crippen LogP contribution is 2.21. The molecule has 24 heavy (non-hydrogen) atoms. The Hall–Kier alpha value is -2.79. The number of hydrazone groups is 1. The number of halogens is 1. The normalized spacial score (nSPS) is 10.5. The third-order valence-electron chi connectivity index (χ3n) is 3.09. The van der Waals surface area contributed by atoms with E-state index in [1.165, 1.54) is 6.21 Å². The number of rotatable bonds is 7. The van der Waals surface area contributed by atoms with E-state index in [0.717, 1.165) is 5.56 Å². The predicted octanol–water partition coefficient (Wildman–Crippen LogP) is 3.30. The smallest absolute Gasteiger partial charge is 0.277 e. The maximum Gasteiger partial charge on any atom is 0.277 e. The van der Waals surface area contributed by atoms with Crippen LogP contribution in [-0.2, 0) is 11.2 Å². The number of hydrogen-bond donors (Lipinski definition) is 2. The molecule has 6 heteroatoms. The van der Waals surface area contributed by atoms with Crippen LogP contribution in [0.1, 0.15) is 11.1 Å². The van der Waals surface area contributed by atoms with Crippen LogP contribution >= 0.6 is 11.6 Å². The van der Waals surface area contributed by atoms with Gasteiger partial charge in [-0.05, 0) is 42.3 Å². The first-order chi connectivity index (χ1) is 11.6. The Bertz CT molecular complexity index is 742. The molecule has 2 rings (SSSR count). The molecule has 0 radical (unpaired) electrons. The molecule has 0 spiro atoms. The number of benzene rings is 2. The quantitative estimate of drug-likeness (QED) is 0.460. The molecule has 1 amide bonds. The SMILES string of the molecule is C=CCc1cccc(/C=N/NC(=O)COc2ccc(Cl)cc2)c1O. The summed E-state index contributed by atoms with van der Waals surface area (Å²) in [5.74, 6) is 0.240. The molecular weight excluding hydrogens is 328 g/mol. The average Bonchev–Trinajstić information content (AvgIpc) is 2.58. The third kappa shape index (κ3) is 5.14. The largest absolute Gasteiger partial charge is 0.507 e. The van der Waals surface area contributed by atoms with Gasteiger partial charge >= 0.3 is 0 Å². The average molecular weight is 345 g/mol. The zero-order valence-electron chi connectivity index (χ0n) is 12.9. The first-order valence-corrected chi connectivity index (χ1v) is 7.60. The van der Waals surface area contributed by atoms with Crippen molar-refractivity contribution < 1.29 is 14.6 Å². The lowest BCUT2D eigenvalue weighted by atomic mass is 10.1. The Kier molecular flexibility index (Phi) is 6.40. The number of phenolic OH excluding ortho intramolecular Hbond substituents is 1. The number of hydrogen-bond acceptors (Lipinski definition) is 4. The van der Waals surface area contributed by atoms with Crippen molar-refractivity contribution in [1.29, 1.82) is 0 Å². The molecule has 2 aromatic rings. The van der Waals surface area contributed by atoms with Crippen molar-refractivity contribution in [3.63, 3.8) is 0 Å². The number of carbonyl (C=O) groups excluding carboxylic acids is 1. The summed E-state index contributed by atoms with van der Waals surface area (Å²) in [5.41, 5.74) is 3.59. The van der Waals surface area contributed by atoms with E-state index in [4.69, 9.17) is 16.3 Å². The lowest BCUT2D eigenvalue weighted by Crippen LogP contribution is -2.24. The second-order valence-corrected chi connectivity index (χ2v) is 5.32. The van der Waals surface area contributed by atoms with E-state index in [0.29, 0.717) is 22.8 Å². The highest BCUT2D eigenvalue weighted by atomic mass is 35.5. The maximum absolute atomic E-state index is 11.7. The molecule has 0 aliphatic rings. The van der Waals surface area contributed by atoms with Gasteiger partial charge in [0, 0.05) is 10.6 Å². The number of amides is 1. The molecule has 0 saturated carbocycles. The minimum absolute atomic E-state index is 0.118. The number of phenols is 1. The summed E-state index contributed by atoms with van der Waals surface area (Å²) >= 11 is 5.76. The van der Waals surface area contributed by atoms with Crippen LogP contribution in [0.25, 0.3) is 0 Å². The molecule has 0 unspecified atom stereocenters. The van der Waals surface area contributed by atoms with Gasteiger partial charge in [0.25, 0.3) is 5.91 Å². The Morgan fingerprint density at radius 2 is 2.04 bits per heavy atom. The van der Waals surface area contributed by atoms with Gasteiger partial charge in [0.05, 0.1) is 6.21 Å². The number of carbonyl (C=O) groups is 1. The minimum atomic E-state index is -0.414. The zero-order chi connectivity index (χ0) is 17.4. The van der Waals surface area contributed by atoms with Crippen LogP contribution in [0.2, 0.25) is 5.02 Å².